The second-order valence-corrected chi connectivity index (χ2v) is 8.22. The molecule has 7 heteroatoms. The zero-order valence-electron chi connectivity index (χ0n) is 14.0. The fraction of sp³-hybridized carbons (Fsp3) is 0.0500. The third-order valence-corrected chi connectivity index (χ3v) is 5.91. The summed E-state index contributed by atoms with van der Waals surface area (Å²) in [7, 11) is -4.28. The summed E-state index contributed by atoms with van der Waals surface area (Å²) in [5, 5.41) is 0.153. The van der Waals surface area contributed by atoms with Crippen LogP contribution in [0.3, 0.4) is 0 Å². The summed E-state index contributed by atoms with van der Waals surface area (Å²) in [5.74, 6) is 0.241. The molecule has 0 aliphatic rings. The molecule has 3 aromatic rings. The molecule has 0 aliphatic carbocycles. The largest absolute Gasteiger partial charge is 0.451 e. The molecule has 0 bridgehead atoms. The second kappa shape index (κ2) is 8.73. The lowest BCUT2D eigenvalue weighted by atomic mass is 10.2. The van der Waals surface area contributed by atoms with Gasteiger partial charge in [0.1, 0.15) is 5.75 Å². The maximum Gasteiger partial charge on any atom is 0.451 e. The highest BCUT2D eigenvalue weighted by Crippen LogP contribution is 2.53. The molecule has 0 N–H and O–H groups in total. The van der Waals surface area contributed by atoms with Gasteiger partial charge in [-0.25, -0.2) is 4.57 Å². The predicted octanol–water partition coefficient (Wildman–Crippen LogP) is 6.62. The molecule has 0 saturated carbocycles. The molecule has 3 aromatic carbocycles. The van der Waals surface area contributed by atoms with E-state index in [2.05, 4.69) is 0 Å². The number of carbonyl (C=O) groups excluding carboxylic acids is 1. The standard InChI is InChI=1S/C20H15Cl2O4P/c21-17-12-7-13-18(22)19(17)20(23)27(24,26-16-10-5-2-6-11-16)25-14-15-8-3-1-4-9-15/h1-13H,14H2. The van der Waals surface area contributed by atoms with Gasteiger partial charge < -0.3 is 4.52 Å². The van der Waals surface area contributed by atoms with Crippen LogP contribution in [-0.2, 0) is 15.7 Å². The maximum atomic E-state index is 13.4. The molecular formula is C20H15Cl2O4P. The first-order chi connectivity index (χ1) is 13.0. The number of hydrogen-bond donors (Lipinski definition) is 0. The Bertz CT molecular complexity index is 958. The molecule has 1 atom stereocenters. The maximum absolute atomic E-state index is 13.4. The summed E-state index contributed by atoms with van der Waals surface area (Å²) in [6, 6.07) is 22.0. The zero-order chi connectivity index (χ0) is 19.3. The van der Waals surface area contributed by atoms with Gasteiger partial charge in [0.25, 0.3) is 5.52 Å². The van der Waals surface area contributed by atoms with E-state index in [-0.39, 0.29) is 28.0 Å². The second-order valence-electron chi connectivity index (χ2n) is 5.56. The smallest absolute Gasteiger partial charge is 0.419 e. The minimum Gasteiger partial charge on any atom is -0.419 e. The van der Waals surface area contributed by atoms with Gasteiger partial charge in [-0.05, 0) is 29.8 Å². The Kier molecular flexibility index (Phi) is 6.35. The van der Waals surface area contributed by atoms with Gasteiger partial charge in [-0.2, -0.15) is 0 Å². The summed E-state index contributed by atoms with van der Waals surface area (Å²) in [4.78, 5) is 13.1. The van der Waals surface area contributed by atoms with Crippen molar-refractivity contribution in [3.05, 3.63) is 100 Å². The number of para-hydroxylation sites is 1. The number of benzene rings is 3. The average Bonchev–Trinajstić information content (AvgIpc) is 2.68. The molecule has 0 fully saturated rings. The van der Waals surface area contributed by atoms with Gasteiger partial charge in [-0.1, -0.05) is 77.8 Å². The van der Waals surface area contributed by atoms with Crippen LogP contribution in [0, 0.1) is 0 Å². The molecule has 0 saturated heterocycles. The molecule has 0 radical (unpaired) electrons. The van der Waals surface area contributed by atoms with Gasteiger partial charge in [0.05, 0.1) is 22.2 Å². The first-order valence-corrected chi connectivity index (χ1v) is 10.3. The van der Waals surface area contributed by atoms with E-state index in [4.69, 9.17) is 32.2 Å². The highest BCUT2D eigenvalue weighted by atomic mass is 35.5. The molecule has 0 aliphatic heterocycles. The average molecular weight is 421 g/mol. The highest BCUT2D eigenvalue weighted by molar-refractivity contribution is 7.73. The van der Waals surface area contributed by atoms with Crippen LogP contribution in [0.15, 0.2) is 78.9 Å². The normalized spacial score (nSPS) is 13.0. The molecular weight excluding hydrogens is 406 g/mol. The van der Waals surface area contributed by atoms with E-state index in [9.17, 15) is 9.36 Å². The lowest BCUT2D eigenvalue weighted by Crippen LogP contribution is -2.11. The van der Waals surface area contributed by atoms with Crippen LogP contribution in [0.4, 0.5) is 0 Å². The van der Waals surface area contributed by atoms with E-state index in [1.165, 1.54) is 12.1 Å². The first-order valence-electron chi connectivity index (χ1n) is 8.02. The van der Waals surface area contributed by atoms with E-state index in [0.29, 0.717) is 0 Å². The SMILES string of the molecule is O=C(c1c(Cl)cccc1Cl)P(=O)(OCc1ccccc1)Oc1ccccc1. The highest BCUT2D eigenvalue weighted by Gasteiger charge is 2.40. The Morgan fingerprint density at radius 2 is 1.37 bits per heavy atom. The van der Waals surface area contributed by atoms with Crippen LogP contribution in [0.2, 0.25) is 10.0 Å². The Morgan fingerprint density at radius 1 is 0.815 bits per heavy atom. The number of halogens is 2. The van der Waals surface area contributed by atoms with E-state index in [1.807, 2.05) is 18.2 Å². The third-order valence-electron chi connectivity index (χ3n) is 3.64. The molecule has 27 heavy (non-hydrogen) atoms. The van der Waals surface area contributed by atoms with Gasteiger partial charge in [-0.3, -0.25) is 9.32 Å². The molecule has 1 unspecified atom stereocenters. The fourth-order valence-corrected chi connectivity index (χ4v) is 4.51. The number of rotatable bonds is 7. The summed E-state index contributed by atoms with van der Waals surface area (Å²) < 4.78 is 24.5. The summed E-state index contributed by atoms with van der Waals surface area (Å²) >= 11 is 12.2. The van der Waals surface area contributed by atoms with Crippen molar-refractivity contribution in [2.75, 3.05) is 0 Å². The summed E-state index contributed by atoms with van der Waals surface area (Å²) in [6.07, 6.45) is 0. The van der Waals surface area contributed by atoms with Crippen molar-refractivity contribution in [2.24, 2.45) is 0 Å². The van der Waals surface area contributed by atoms with Crippen molar-refractivity contribution >= 4 is 36.3 Å². The number of carbonyl (C=O) groups is 1. The van der Waals surface area contributed by atoms with Crippen molar-refractivity contribution in [1.82, 2.24) is 0 Å². The van der Waals surface area contributed by atoms with Gasteiger partial charge >= 0.3 is 7.60 Å². The van der Waals surface area contributed by atoms with Crippen molar-refractivity contribution in [2.45, 2.75) is 6.61 Å². The van der Waals surface area contributed by atoms with E-state index in [0.717, 1.165) is 5.56 Å². The predicted molar refractivity (Wildman–Crippen MR) is 107 cm³/mol. The Labute approximate surface area is 167 Å². The lowest BCUT2D eigenvalue weighted by molar-refractivity contribution is 0.102. The van der Waals surface area contributed by atoms with E-state index >= 15 is 0 Å². The van der Waals surface area contributed by atoms with Crippen LogP contribution in [0.25, 0.3) is 0 Å². The summed E-state index contributed by atoms with van der Waals surface area (Å²) in [6.45, 7) is -0.0707. The summed E-state index contributed by atoms with van der Waals surface area (Å²) in [5.41, 5.74) is -0.238. The molecule has 0 aromatic heterocycles. The van der Waals surface area contributed by atoms with Crippen LogP contribution in [-0.4, -0.2) is 5.52 Å². The molecule has 0 amide bonds. The van der Waals surface area contributed by atoms with E-state index in [1.54, 1.807) is 48.5 Å². The van der Waals surface area contributed by atoms with Crippen LogP contribution >= 0.6 is 30.8 Å². The van der Waals surface area contributed by atoms with Crippen molar-refractivity contribution in [1.29, 1.82) is 0 Å². The molecule has 3 rings (SSSR count). The Balaban J connectivity index is 1.96. The minimum atomic E-state index is -4.28. The van der Waals surface area contributed by atoms with Crippen molar-refractivity contribution in [3.63, 3.8) is 0 Å². The van der Waals surface area contributed by atoms with Crippen molar-refractivity contribution in [3.8, 4) is 5.75 Å². The zero-order valence-corrected chi connectivity index (χ0v) is 16.5. The first kappa shape index (κ1) is 19.7. The van der Waals surface area contributed by atoms with Gasteiger partial charge in [-0.15, -0.1) is 0 Å². The third kappa shape index (κ3) is 4.79. The topological polar surface area (TPSA) is 52.6 Å². The molecule has 0 heterocycles. The van der Waals surface area contributed by atoms with Gasteiger partial charge in [0, 0.05) is 0 Å². The van der Waals surface area contributed by atoms with Crippen molar-refractivity contribution < 1.29 is 18.4 Å². The number of hydrogen-bond acceptors (Lipinski definition) is 4. The Morgan fingerprint density at radius 3 is 1.96 bits per heavy atom. The molecule has 4 nitrogen and oxygen atoms in total. The van der Waals surface area contributed by atoms with Gasteiger partial charge in [0.15, 0.2) is 0 Å². The fourth-order valence-electron chi connectivity index (χ4n) is 2.32. The van der Waals surface area contributed by atoms with Crippen LogP contribution in [0.1, 0.15) is 15.9 Å². The monoisotopic (exact) mass is 420 g/mol. The van der Waals surface area contributed by atoms with Gasteiger partial charge in [0.2, 0.25) is 0 Å². The quantitative estimate of drug-likeness (QED) is 0.402. The minimum absolute atomic E-state index is 0.0707. The van der Waals surface area contributed by atoms with E-state index < -0.39 is 13.1 Å². The van der Waals surface area contributed by atoms with Crippen LogP contribution < -0.4 is 4.52 Å². The lowest BCUT2D eigenvalue weighted by Gasteiger charge is -2.19. The molecule has 138 valence electrons. The van der Waals surface area contributed by atoms with Crippen LogP contribution in [0.5, 0.6) is 5.75 Å². The molecule has 0 spiro atoms. The Hall–Kier alpha value is -2.10.